The Morgan fingerprint density at radius 3 is 1.86 bits per heavy atom. The normalized spacial score (nSPS) is 11.5. The fraction of sp³-hybridized carbons (Fsp3) is 0.500. The van der Waals surface area contributed by atoms with Crippen molar-refractivity contribution in [3.63, 3.8) is 0 Å². The molecule has 0 fully saturated rings. The van der Waals surface area contributed by atoms with E-state index in [2.05, 4.69) is 22.2 Å². The summed E-state index contributed by atoms with van der Waals surface area (Å²) in [5.41, 5.74) is 7.29. The van der Waals surface area contributed by atoms with Crippen LogP contribution in [0.5, 0.6) is 0 Å². The van der Waals surface area contributed by atoms with E-state index in [1.165, 1.54) is 15.3 Å². The summed E-state index contributed by atoms with van der Waals surface area (Å²) in [5, 5.41) is 40.9. The quantitative estimate of drug-likeness (QED) is 0.136. The fourth-order valence-corrected chi connectivity index (χ4v) is 3.38. The second-order valence-electron chi connectivity index (χ2n) is 8.45. The van der Waals surface area contributed by atoms with Gasteiger partial charge in [-0.1, -0.05) is 5.92 Å². The summed E-state index contributed by atoms with van der Waals surface area (Å²) in [6.45, 7) is 7.18. The van der Waals surface area contributed by atoms with E-state index >= 15 is 0 Å². The van der Waals surface area contributed by atoms with Crippen molar-refractivity contribution < 1.29 is 61.6 Å². The van der Waals surface area contributed by atoms with Gasteiger partial charge in [0.15, 0.2) is 11.6 Å². The first-order valence-electron chi connectivity index (χ1n) is 11.9. The number of amides is 1. The number of rotatable bonds is 15. The molecule has 2 atom stereocenters. The van der Waals surface area contributed by atoms with Crippen LogP contribution in [0, 0.1) is 46.9 Å². The minimum atomic E-state index is -1.40. The Kier molecular flexibility index (Phi) is 17.0. The summed E-state index contributed by atoms with van der Waals surface area (Å²) in [6.07, 6.45) is 1.92. The maximum absolute atomic E-state index is 11.6. The van der Waals surface area contributed by atoms with Crippen LogP contribution in [0.1, 0.15) is 37.3 Å². The van der Waals surface area contributed by atoms with Crippen molar-refractivity contribution in [2.24, 2.45) is 5.92 Å². The third kappa shape index (κ3) is 12.9. The van der Waals surface area contributed by atoms with Gasteiger partial charge < -0.3 is 53.2 Å². The number of Topliss-reactive ketones (excluding diaryl/α,β-unsaturated/α-hetero) is 1. The Balaban J connectivity index is 0.000000756. The number of carbonyl (C=O) groups excluding carboxylic acids is 2. The monoisotopic (exact) mass is 681 g/mol. The van der Waals surface area contributed by atoms with Crippen molar-refractivity contribution in [3.8, 4) is 0 Å². The number of aliphatic carboxylic acids is 2. The molecule has 0 aliphatic carbocycles. The molecule has 0 aliphatic heterocycles. The molecule has 2 heterocycles. The van der Waals surface area contributed by atoms with Crippen LogP contribution >= 0.6 is 0 Å². The number of nitrogens with one attached hydrogen (secondary N) is 2. The molecule has 0 saturated heterocycles. The SMILES string of the molecule is Cc1ncc([N+](=O)[O-])n1CCNC(=O)[C@H]([NH-])CC(=O)O.[CH2-]C(CC(=O)O)C(=O)CCCn1c([N+](=O)[O-])cnc1C.[O]=[99Tc+2]. The number of aromatic nitrogens is 4. The van der Waals surface area contributed by atoms with Gasteiger partial charge in [0.2, 0.25) is 5.91 Å². The molecule has 19 nitrogen and oxygen atoms in total. The maximum atomic E-state index is 11.6. The molecule has 20 heteroatoms. The molecule has 2 aromatic heterocycles. The first-order valence-corrected chi connectivity index (χ1v) is 12.7. The average Bonchev–Trinajstić information content (AvgIpc) is 3.46. The van der Waals surface area contributed by atoms with E-state index in [-0.39, 0.29) is 49.9 Å². The molecule has 1 unspecified atom stereocenters. The zero-order valence-corrected chi connectivity index (χ0v) is 24.5. The average molecular weight is 681 g/mol. The number of aryl methyl sites for hydroxylation is 2. The second-order valence-corrected chi connectivity index (χ2v) is 8.45. The van der Waals surface area contributed by atoms with Crippen LogP contribution in [0.3, 0.4) is 0 Å². The van der Waals surface area contributed by atoms with E-state index in [0.29, 0.717) is 18.1 Å². The van der Waals surface area contributed by atoms with Gasteiger partial charge in [-0.25, -0.2) is 19.1 Å². The molecule has 2 rings (SSSR count). The number of ketones is 1. The summed E-state index contributed by atoms with van der Waals surface area (Å²) >= 11 is 0.900. The van der Waals surface area contributed by atoms with Gasteiger partial charge in [0, 0.05) is 33.1 Å². The van der Waals surface area contributed by atoms with Crippen LogP contribution in [0.15, 0.2) is 12.4 Å². The van der Waals surface area contributed by atoms with E-state index in [9.17, 15) is 39.4 Å². The van der Waals surface area contributed by atoms with Gasteiger partial charge in [0.1, 0.15) is 24.7 Å². The van der Waals surface area contributed by atoms with Gasteiger partial charge in [-0.15, -0.1) is 0 Å². The first-order chi connectivity index (χ1) is 19.6. The Morgan fingerprint density at radius 2 is 1.43 bits per heavy atom. The van der Waals surface area contributed by atoms with E-state index in [1.54, 1.807) is 13.8 Å². The number of carboxylic acids is 2. The van der Waals surface area contributed by atoms with Crippen molar-refractivity contribution in [1.82, 2.24) is 24.4 Å². The summed E-state index contributed by atoms with van der Waals surface area (Å²) < 4.78 is 11.0. The molecule has 4 N–H and O–H groups in total. The van der Waals surface area contributed by atoms with Gasteiger partial charge in [0.25, 0.3) is 0 Å². The van der Waals surface area contributed by atoms with E-state index in [4.69, 9.17) is 19.5 Å². The van der Waals surface area contributed by atoms with Crippen LogP contribution in [0.2, 0.25) is 0 Å². The Labute approximate surface area is 249 Å². The van der Waals surface area contributed by atoms with Crippen molar-refractivity contribution >= 4 is 35.3 Å². The number of nitro groups is 2. The summed E-state index contributed by atoms with van der Waals surface area (Å²) in [6, 6.07) is -1.40. The zero-order valence-electron chi connectivity index (χ0n) is 22.6. The third-order valence-corrected chi connectivity index (χ3v) is 5.45. The molecule has 0 radical (unpaired) electrons. The van der Waals surface area contributed by atoms with Crippen LogP contribution in [0.25, 0.3) is 5.73 Å². The van der Waals surface area contributed by atoms with E-state index < -0.39 is 46.1 Å². The number of carboxylic acid groups (broad SMARTS) is 2. The predicted molar refractivity (Wildman–Crippen MR) is 137 cm³/mol. The predicted octanol–water partition coefficient (Wildman–Crippen LogP) is 1.36. The molecular weight excluding hydrogens is 651 g/mol. The van der Waals surface area contributed by atoms with Gasteiger partial charge in [0.05, 0.1) is 13.1 Å². The van der Waals surface area contributed by atoms with Gasteiger partial charge in [-0.2, -0.15) is 0 Å². The molecule has 0 aliphatic rings. The number of nitrogens with zero attached hydrogens (tertiary/aromatic N) is 6. The topological polar surface area (TPSA) is 284 Å². The second kappa shape index (κ2) is 18.9. The molecule has 0 bridgehead atoms. The Bertz CT molecular complexity index is 1170. The van der Waals surface area contributed by atoms with Gasteiger partial charge >= 0.3 is 45.9 Å². The van der Waals surface area contributed by atoms with Crippen molar-refractivity contribution in [2.75, 3.05) is 6.54 Å². The Hall–Kier alpha value is -4.29. The summed E-state index contributed by atoms with van der Waals surface area (Å²) in [7, 11) is 0. The first kappa shape index (κ1) is 37.7. The number of hydrogen-bond acceptors (Lipinski definition) is 11. The molecule has 0 saturated carbocycles. The number of imidazole rings is 2. The van der Waals surface area contributed by atoms with Crippen LogP contribution in [-0.4, -0.2) is 75.4 Å². The molecular formula is C22H30N8O11Tc. The van der Waals surface area contributed by atoms with Crippen molar-refractivity contribution in [1.29, 1.82) is 0 Å². The number of hydrogen-bond donors (Lipinski definition) is 3. The molecule has 1 amide bonds. The van der Waals surface area contributed by atoms with E-state index in [1.807, 2.05) is 0 Å². The van der Waals surface area contributed by atoms with Crippen LogP contribution in [-0.2, 0) is 54.6 Å². The standard InChI is InChI=1S/C12H16N3O5.C10H14N5O5.O.Tc/c1-8(6-12(17)18)10(16)4-3-5-14-9(2)13-7-11(14)15(19)20;1-6-13-5-8(15(19)20)14(6)3-2-12-10(18)7(11)4-9(16)17;;/h7-8H,1,3-6H2,2H3,(H,17,18);5,7,11H,2-4H2,1H3,(H,12,18)(H,16,17);;/q2*-1;;+2/t;7-;;/m.1../s1/i;;;1+1. The molecule has 0 spiro atoms. The molecule has 42 heavy (non-hydrogen) atoms. The van der Waals surface area contributed by atoms with Gasteiger partial charge in [-0.3, -0.25) is 14.4 Å². The molecule has 0 aromatic carbocycles. The van der Waals surface area contributed by atoms with E-state index in [0.717, 1.165) is 25.1 Å². The molecule has 2 aromatic rings. The van der Waals surface area contributed by atoms with Crippen LogP contribution < -0.4 is 5.32 Å². The van der Waals surface area contributed by atoms with Crippen LogP contribution in [0.4, 0.5) is 11.6 Å². The third-order valence-electron chi connectivity index (χ3n) is 5.45. The van der Waals surface area contributed by atoms with Gasteiger partial charge in [-0.05, 0) is 22.3 Å². The minimum absolute atomic E-state index is 0.0475. The van der Waals surface area contributed by atoms with Crippen molar-refractivity contribution in [2.45, 2.75) is 58.7 Å². The summed E-state index contributed by atoms with van der Waals surface area (Å²) in [4.78, 5) is 71.9. The molecule has 231 valence electrons. The number of carbonyl (C=O) groups is 4. The Morgan fingerprint density at radius 1 is 0.976 bits per heavy atom. The zero-order chi connectivity index (χ0) is 32.6. The van der Waals surface area contributed by atoms with Crippen molar-refractivity contribution in [3.05, 3.63) is 56.9 Å². The fourth-order valence-electron chi connectivity index (χ4n) is 3.38. The summed E-state index contributed by atoms with van der Waals surface area (Å²) in [5.74, 6) is -3.45.